The zero-order valence-electron chi connectivity index (χ0n) is 18.2. The molecular formula is C22H33N5O3. The molecule has 1 atom stereocenters. The number of piperazine rings is 1. The van der Waals surface area contributed by atoms with Gasteiger partial charge >= 0.3 is 0 Å². The Bertz CT molecular complexity index is 749. The number of aliphatic imine (C=N–C) groups is 1. The number of rotatable bonds is 5. The van der Waals surface area contributed by atoms with Crippen LogP contribution in [-0.2, 0) is 20.9 Å². The molecule has 8 heteroatoms. The Morgan fingerprint density at radius 2 is 1.80 bits per heavy atom. The average molecular weight is 416 g/mol. The van der Waals surface area contributed by atoms with Crippen molar-refractivity contribution in [1.82, 2.24) is 15.1 Å². The fourth-order valence-corrected chi connectivity index (χ4v) is 3.62. The van der Waals surface area contributed by atoms with Gasteiger partial charge in [-0.2, -0.15) is 0 Å². The molecule has 1 unspecified atom stereocenters. The van der Waals surface area contributed by atoms with Gasteiger partial charge in [0, 0.05) is 58.0 Å². The van der Waals surface area contributed by atoms with Gasteiger partial charge in [-0.05, 0) is 30.5 Å². The van der Waals surface area contributed by atoms with Gasteiger partial charge in [-0.25, -0.2) is 0 Å². The van der Waals surface area contributed by atoms with Gasteiger partial charge in [-0.3, -0.25) is 14.6 Å². The van der Waals surface area contributed by atoms with Crippen LogP contribution in [0.3, 0.4) is 0 Å². The van der Waals surface area contributed by atoms with Crippen LogP contribution in [0.15, 0.2) is 29.3 Å². The highest BCUT2D eigenvalue weighted by Gasteiger charge is 2.30. The lowest BCUT2D eigenvalue weighted by molar-refractivity contribution is -0.142. The third kappa shape index (κ3) is 5.72. The van der Waals surface area contributed by atoms with E-state index in [1.54, 1.807) is 7.05 Å². The van der Waals surface area contributed by atoms with Crippen molar-refractivity contribution in [3.63, 3.8) is 0 Å². The second-order valence-corrected chi connectivity index (χ2v) is 8.06. The van der Waals surface area contributed by atoms with Gasteiger partial charge in [0.2, 0.25) is 5.91 Å². The summed E-state index contributed by atoms with van der Waals surface area (Å²) in [5.74, 6) is 0.922. The van der Waals surface area contributed by atoms with Gasteiger partial charge in [0.1, 0.15) is 6.10 Å². The maximum atomic E-state index is 12.5. The van der Waals surface area contributed by atoms with Crippen molar-refractivity contribution < 1.29 is 14.3 Å². The van der Waals surface area contributed by atoms with Gasteiger partial charge < -0.3 is 25.2 Å². The molecule has 2 amide bonds. The molecule has 0 aliphatic carbocycles. The monoisotopic (exact) mass is 415 g/mol. The lowest BCUT2D eigenvalue weighted by Gasteiger charge is -2.37. The molecule has 0 spiro atoms. The molecule has 3 rings (SSSR count). The molecule has 0 aromatic heterocycles. The number of anilines is 1. The van der Waals surface area contributed by atoms with Gasteiger partial charge in [0.05, 0.1) is 0 Å². The fraction of sp³-hybridized carbons (Fsp3) is 0.591. The molecule has 2 fully saturated rings. The Hall–Kier alpha value is -2.61. The van der Waals surface area contributed by atoms with Gasteiger partial charge in [-0.1, -0.05) is 26.0 Å². The summed E-state index contributed by atoms with van der Waals surface area (Å²) < 4.78 is 5.53. The molecule has 2 saturated heterocycles. The van der Waals surface area contributed by atoms with Crippen molar-refractivity contribution in [3.8, 4) is 0 Å². The SMILES string of the molecule is CN=C(NCc1ccc(NC(=O)C(C)C)cc1)N1CCN(C(=O)C2CCCO2)CC1. The molecule has 2 heterocycles. The van der Waals surface area contributed by atoms with Crippen LogP contribution in [0.4, 0.5) is 5.69 Å². The molecule has 2 aliphatic rings. The summed E-state index contributed by atoms with van der Waals surface area (Å²) in [4.78, 5) is 32.8. The number of benzene rings is 1. The van der Waals surface area contributed by atoms with Crippen LogP contribution in [0.25, 0.3) is 0 Å². The molecular weight excluding hydrogens is 382 g/mol. The predicted molar refractivity (Wildman–Crippen MR) is 117 cm³/mol. The topological polar surface area (TPSA) is 86.3 Å². The number of guanidine groups is 1. The number of nitrogens with zero attached hydrogens (tertiary/aromatic N) is 3. The van der Waals surface area contributed by atoms with Gasteiger partial charge in [0.15, 0.2) is 5.96 Å². The number of carbonyl (C=O) groups excluding carboxylic acids is 2. The lowest BCUT2D eigenvalue weighted by atomic mass is 10.1. The van der Waals surface area contributed by atoms with Crippen LogP contribution in [0.5, 0.6) is 0 Å². The van der Waals surface area contributed by atoms with Crippen LogP contribution in [-0.4, -0.2) is 73.5 Å². The maximum Gasteiger partial charge on any atom is 0.251 e. The van der Waals surface area contributed by atoms with Crippen LogP contribution in [0, 0.1) is 5.92 Å². The molecule has 8 nitrogen and oxygen atoms in total. The number of nitrogens with one attached hydrogen (secondary N) is 2. The highest BCUT2D eigenvalue weighted by molar-refractivity contribution is 5.92. The van der Waals surface area contributed by atoms with Crippen LogP contribution in [0.2, 0.25) is 0 Å². The summed E-state index contributed by atoms with van der Waals surface area (Å²) in [6.45, 7) is 7.94. The van der Waals surface area contributed by atoms with Crippen molar-refractivity contribution >= 4 is 23.5 Å². The number of carbonyl (C=O) groups is 2. The minimum Gasteiger partial charge on any atom is -0.368 e. The molecule has 0 bridgehead atoms. The zero-order valence-corrected chi connectivity index (χ0v) is 18.2. The van der Waals surface area contributed by atoms with Crippen molar-refractivity contribution in [2.75, 3.05) is 45.2 Å². The van der Waals surface area contributed by atoms with E-state index in [1.807, 2.05) is 43.0 Å². The number of hydrogen-bond acceptors (Lipinski definition) is 4. The normalized spacial score (nSPS) is 19.9. The Labute approximate surface area is 178 Å². The first-order chi connectivity index (χ1) is 14.5. The Kier molecular flexibility index (Phi) is 7.68. The maximum absolute atomic E-state index is 12.5. The molecule has 0 radical (unpaired) electrons. The standard InChI is InChI=1S/C22H33N5O3/c1-16(2)20(28)25-18-8-6-17(7-9-18)15-24-22(23-3)27-12-10-26(11-13-27)21(29)19-5-4-14-30-19/h6-9,16,19H,4-5,10-15H2,1-3H3,(H,23,24)(H,25,28). The summed E-state index contributed by atoms with van der Waals surface area (Å²) in [5.41, 5.74) is 1.90. The Balaban J connectivity index is 1.46. The number of ether oxygens (including phenoxy) is 1. The van der Waals surface area contributed by atoms with Gasteiger partial charge in [0.25, 0.3) is 5.91 Å². The molecule has 1 aromatic rings. The van der Waals surface area contributed by atoms with Crippen LogP contribution < -0.4 is 10.6 Å². The minimum absolute atomic E-state index is 0.0124. The van der Waals surface area contributed by atoms with Gasteiger partial charge in [-0.15, -0.1) is 0 Å². The van der Waals surface area contributed by atoms with E-state index < -0.39 is 0 Å². The van der Waals surface area contributed by atoms with Crippen molar-refractivity contribution in [2.24, 2.45) is 10.9 Å². The third-order valence-electron chi connectivity index (χ3n) is 5.50. The molecule has 2 aliphatic heterocycles. The smallest absolute Gasteiger partial charge is 0.251 e. The molecule has 0 saturated carbocycles. The summed E-state index contributed by atoms with van der Waals surface area (Å²) in [7, 11) is 1.77. The van der Waals surface area contributed by atoms with Crippen molar-refractivity contribution in [3.05, 3.63) is 29.8 Å². The van der Waals surface area contributed by atoms with E-state index in [0.29, 0.717) is 26.2 Å². The minimum atomic E-state index is -0.248. The summed E-state index contributed by atoms with van der Waals surface area (Å²) >= 11 is 0. The first-order valence-electron chi connectivity index (χ1n) is 10.7. The second kappa shape index (κ2) is 10.4. The average Bonchev–Trinajstić information content (AvgIpc) is 3.30. The molecule has 2 N–H and O–H groups in total. The summed E-state index contributed by atoms with van der Waals surface area (Å²) in [6, 6.07) is 7.81. The van der Waals surface area contributed by atoms with E-state index in [2.05, 4.69) is 20.5 Å². The number of amides is 2. The first kappa shape index (κ1) is 22.1. The van der Waals surface area contributed by atoms with E-state index >= 15 is 0 Å². The van der Waals surface area contributed by atoms with Crippen molar-refractivity contribution in [1.29, 1.82) is 0 Å². The third-order valence-corrected chi connectivity index (χ3v) is 5.50. The molecule has 1 aromatic carbocycles. The van der Waals surface area contributed by atoms with E-state index in [9.17, 15) is 9.59 Å². The lowest BCUT2D eigenvalue weighted by Crippen LogP contribution is -2.55. The van der Waals surface area contributed by atoms with E-state index in [1.165, 1.54) is 0 Å². The first-order valence-corrected chi connectivity index (χ1v) is 10.7. The predicted octanol–water partition coefficient (Wildman–Crippen LogP) is 1.68. The fourth-order valence-electron chi connectivity index (χ4n) is 3.62. The highest BCUT2D eigenvalue weighted by atomic mass is 16.5. The van der Waals surface area contributed by atoms with Crippen molar-refractivity contribution in [2.45, 2.75) is 39.3 Å². The van der Waals surface area contributed by atoms with E-state index in [-0.39, 0.29) is 23.8 Å². The molecule has 30 heavy (non-hydrogen) atoms. The Morgan fingerprint density at radius 3 is 2.37 bits per heavy atom. The molecule has 164 valence electrons. The summed E-state index contributed by atoms with van der Waals surface area (Å²) in [6.07, 6.45) is 1.56. The van der Waals surface area contributed by atoms with E-state index in [0.717, 1.165) is 43.1 Å². The van der Waals surface area contributed by atoms with Crippen LogP contribution >= 0.6 is 0 Å². The number of hydrogen-bond donors (Lipinski definition) is 2. The Morgan fingerprint density at radius 1 is 1.13 bits per heavy atom. The largest absolute Gasteiger partial charge is 0.368 e. The highest BCUT2D eigenvalue weighted by Crippen LogP contribution is 2.16. The zero-order chi connectivity index (χ0) is 21.5. The quantitative estimate of drug-likeness (QED) is 0.565. The second-order valence-electron chi connectivity index (χ2n) is 8.06. The van der Waals surface area contributed by atoms with Crippen LogP contribution in [0.1, 0.15) is 32.3 Å². The van der Waals surface area contributed by atoms with E-state index in [4.69, 9.17) is 4.74 Å². The summed E-state index contributed by atoms with van der Waals surface area (Å²) in [5, 5.41) is 6.29.